The number of hydroxylamine groups is 1. The highest BCUT2D eigenvalue weighted by Crippen LogP contribution is 2.40. The summed E-state index contributed by atoms with van der Waals surface area (Å²) in [6.45, 7) is 6.45. The number of benzene rings is 5. The Kier molecular flexibility index (Phi) is 6.13. The lowest BCUT2D eigenvalue weighted by atomic mass is 9.98. The topological polar surface area (TPSA) is 65.3 Å². The first-order valence-corrected chi connectivity index (χ1v) is 15.3. The fourth-order valence-corrected chi connectivity index (χ4v) is 7.03. The van der Waals surface area contributed by atoms with Crippen LogP contribution < -0.4 is 5.48 Å². The summed E-state index contributed by atoms with van der Waals surface area (Å²) in [5.74, 6) is -0.240. The minimum Gasteiger partial charge on any atom is -0.344 e. The van der Waals surface area contributed by atoms with Crippen LogP contribution in [0.1, 0.15) is 53.7 Å². The number of ketones is 1. The number of rotatable bonds is 6. The Hall–Kier alpha value is -5.62. The molecule has 1 aliphatic rings. The van der Waals surface area contributed by atoms with Gasteiger partial charge in [0.2, 0.25) is 0 Å². The van der Waals surface area contributed by atoms with E-state index in [0.717, 1.165) is 56.3 Å². The molecule has 6 heteroatoms. The summed E-state index contributed by atoms with van der Waals surface area (Å²) in [4.78, 5) is 30.5. The van der Waals surface area contributed by atoms with Gasteiger partial charge in [0.15, 0.2) is 5.78 Å². The molecule has 0 radical (unpaired) electrons. The van der Waals surface area contributed by atoms with Crippen molar-refractivity contribution < 1.29 is 14.4 Å². The summed E-state index contributed by atoms with van der Waals surface area (Å²) in [6, 6.07) is 35.1. The van der Waals surface area contributed by atoms with Gasteiger partial charge in [0.1, 0.15) is 0 Å². The third kappa shape index (κ3) is 4.17. The number of carbonyl (C=O) groups is 2. The van der Waals surface area contributed by atoms with E-state index in [9.17, 15) is 9.59 Å². The zero-order chi connectivity index (χ0) is 30.8. The largest absolute Gasteiger partial charge is 0.344 e. The van der Waals surface area contributed by atoms with Crippen molar-refractivity contribution in [1.29, 1.82) is 0 Å². The van der Waals surface area contributed by atoms with E-state index in [1.165, 1.54) is 23.3 Å². The monoisotopic (exact) mass is 589 g/mol. The van der Waals surface area contributed by atoms with Gasteiger partial charge < -0.3 is 14.0 Å². The Bertz CT molecular complexity index is 2320. The molecule has 0 saturated heterocycles. The lowest BCUT2D eigenvalue weighted by Crippen LogP contribution is -2.15. The second-order valence-electron chi connectivity index (χ2n) is 11.7. The fourth-order valence-electron chi connectivity index (χ4n) is 7.03. The van der Waals surface area contributed by atoms with Crippen molar-refractivity contribution in [3.05, 3.63) is 131 Å². The number of hydrogen-bond acceptors (Lipinski definition) is 4. The first-order chi connectivity index (χ1) is 21.9. The van der Waals surface area contributed by atoms with Gasteiger partial charge in [0.25, 0.3) is 0 Å². The summed E-state index contributed by atoms with van der Waals surface area (Å²) >= 11 is 0. The zero-order valence-corrected chi connectivity index (χ0v) is 25.3. The van der Waals surface area contributed by atoms with Crippen molar-refractivity contribution in [3.8, 4) is 5.69 Å². The predicted molar refractivity (Wildman–Crippen MR) is 181 cm³/mol. The molecule has 6 nitrogen and oxygen atoms in total. The molecule has 45 heavy (non-hydrogen) atoms. The Balaban J connectivity index is 1.19. The van der Waals surface area contributed by atoms with E-state index >= 15 is 0 Å². The number of nitrogens with one attached hydrogen (secondary N) is 1. The summed E-state index contributed by atoms with van der Waals surface area (Å²) in [5, 5.41) is 4.50. The number of nitrogens with zero attached hydrogens (tertiary/aromatic N) is 2. The lowest BCUT2D eigenvalue weighted by molar-refractivity contribution is -0.145. The second kappa shape index (κ2) is 10.2. The standard InChI is InChI=1S/C39H31N3O3/c1-4-41-35-18-15-26(20-32(35)33-21-31-30(22-38(33)41)23(2)19-34(31)40-45-24(3)43)39(44)25-13-16-27(17-14-25)42-36-11-7-5-9-28(36)29-10-6-8-12-37(29)42/h5-23,40H,4H2,1-3H3. The quantitative estimate of drug-likeness (QED) is 0.156. The van der Waals surface area contributed by atoms with E-state index in [2.05, 4.69) is 101 Å². The molecule has 0 amide bonds. The maximum absolute atomic E-state index is 13.9. The van der Waals surface area contributed by atoms with E-state index in [0.29, 0.717) is 11.1 Å². The van der Waals surface area contributed by atoms with Gasteiger partial charge in [-0.25, -0.2) is 5.48 Å². The molecular formula is C39H31N3O3. The molecule has 7 aromatic rings. The molecule has 1 unspecified atom stereocenters. The molecule has 2 aromatic heterocycles. The SMILES string of the molecule is CCn1c2ccc(C(=O)c3ccc(-n4c5ccccc5c5ccccc54)cc3)cc2c2cc3c(cc21)C(C)C=C3NOC(C)=O. The molecule has 0 saturated carbocycles. The van der Waals surface area contributed by atoms with Crippen LogP contribution in [-0.2, 0) is 16.2 Å². The Morgan fingerprint density at radius 2 is 1.38 bits per heavy atom. The van der Waals surface area contributed by atoms with E-state index in [4.69, 9.17) is 4.84 Å². The third-order valence-electron chi connectivity index (χ3n) is 9.08. The third-order valence-corrected chi connectivity index (χ3v) is 9.08. The van der Waals surface area contributed by atoms with Gasteiger partial charge in [-0.3, -0.25) is 9.59 Å². The minimum absolute atomic E-state index is 0.0186. The molecule has 0 bridgehead atoms. The molecule has 5 aromatic carbocycles. The van der Waals surface area contributed by atoms with Gasteiger partial charge in [-0.15, -0.1) is 0 Å². The Morgan fingerprint density at radius 3 is 2.04 bits per heavy atom. The van der Waals surface area contributed by atoms with Crippen LogP contribution >= 0.6 is 0 Å². The van der Waals surface area contributed by atoms with Crippen LogP contribution in [0.5, 0.6) is 0 Å². The highest BCUT2D eigenvalue weighted by molar-refractivity contribution is 6.15. The number of allylic oxidation sites excluding steroid dienone is 1. The van der Waals surface area contributed by atoms with Crippen LogP contribution in [0.4, 0.5) is 0 Å². The molecule has 1 aliphatic carbocycles. The van der Waals surface area contributed by atoms with E-state index < -0.39 is 5.97 Å². The molecule has 220 valence electrons. The molecular weight excluding hydrogens is 558 g/mol. The zero-order valence-electron chi connectivity index (χ0n) is 25.3. The summed E-state index contributed by atoms with van der Waals surface area (Å²) < 4.78 is 4.55. The van der Waals surface area contributed by atoms with Gasteiger partial charge >= 0.3 is 5.97 Å². The van der Waals surface area contributed by atoms with Crippen molar-refractivity contribution in [1.82, 2.24) is 14.6 Å². The van der Waals surface area contributed by atoms with Crippen molar-refractivity contribution in [2.45, 2.75) is 33.2 Å². The number of aryl methyl sites for hydroxylation is 1. The number of aromatic nitrogens is 2. The molecule has 1 atom stereocenters. The average molecular weight is 590 g/mol. The molecule has 0 spiro atoms. The number of carbonyl (C=O) groups excluding carboxylic acids is 2. The fraction of sp³-hybridized carbons (Fsp3) is 0.128. The van der Waals surface area contributed by atoms with Crippen molar-refractivity contribution in [3.63, 3.8) is 0 Å². The van der Waals surface area contributed by atoms with Crippen LogP contribution in [-0.4, -0.2) is 20.9 Å². The van der Waals surface area contributed by atoms with Gasteiger partial charge in [-0.1, -0.05) is 49.4 Å². The molecule has 8 rings (SSSR count). The van der Waals surface area contributed by atoms with E-state index in [1.54, 1.807) is 0 Å². The maximum Gasteiger partial charge on any atom is 0.329 e. The minimum atomic E-state index is -0.396. The number of para-hydroxylation sites is 2. The lowest BCUT2D eigenvalue weighted by Gasteiger charge is -2.10. The average Bonchev–Trinajstić information content (AvgIpc) is 3.68. The highest BCUT2D eigenvalue weighted by atomic mass is 16.7. The number of hydrogen-bond donors (Lipinski definition) is 1. The van der Waals surface area contributed by atoms with Crippen LogP contribution in [0.2, 0.25) is 0 Å². The van der Waals surface area contributed by atoms with Gasteiger partial charge in [0.05, 0.1) is 16.7 Å². The van der Waals surface area contributed by atoms with Crippen LogP contribution in [0, 0.1) is 0 Å². The van der Waals surface area contributed by atoms with Gasteiger partial charge in [0, 0.05) is 74.3 Å². The van der Waals surface area contributed by atoms with E-state index in [-0.39, 0.29) is 11.7 Å². The Morgan fingerprint density at radius 1 is 0.733 bits per heavy atom. The first-order valence-electron chi connectivity index (χ1n) is 15.3. The van der Waals surface area contributed by atoms with Crippen molar-refractivity contribution >= 4 is 61.1 Å². The maximum atomic E-state index is 13.9. The predicted octanol–water partition coefficient (Wildman–Crippen LogP) is 8.67. The summed E-state index contributed by atoms with van der Waals surface area (Å²) in [5.41, 5.74) is 12.6. The molecule has 1 N–H and O–H groups in total. The van der Waals surface area contributed by atoms with Crippen molar-refractivity contribution in [2.24, 2.45) is 0 Å². The Labute approximate surface area is 260 Å². The van der Waals surface area contributed by atoms with Crippen LogP contribution in [0.25, 0.3) is 55.0 Å². The normalized spacial score (nSPS) is 14.3. The molecule has 2 heterocycles. The highest BCUT2D eigenvalue weighted by Gasteiger charge is 2.24. The summed E-state index contributed by atoms with van der Waals surface area (Å²) in [7, 11) is 0. The second-order valence-corrected chi connectivity index (χ2v) is 11.7. The van der Waals surface area contributed by atoms with E-state index in [1.807, 2.05) is 36.4 Å². The smallest absolute Gasteiger partial charge is 0.329 e. The van der Waals surface area contributed by atoms with Gasteiger partial charge in [-0.05, 0) is 79.2 Å². The molecule has 0 fully saturated rings. The van der Waals surface area contributed by atoms with Crippen LogP contribution in [0.3, 0.4) is 0 Å². The van der Waals surface area contributed by atoms with Crippen molar-refractivity contribution in [2.75, 3.05) is 0 Å². The molecule has 0 aliphatic heterocycles. The van der Waals surface area contributed by atoms with Gasteiger partial charge in [-0.2, -0.15) is 0 Å². The van der Waals surface area contributed by atoms with Crippen LogP contribution in [0.15, 0.2) is 109 Å². The number of fused-ring (bicyclic) bond motifs is 7. The summed E-state index contributed by atoms with van der Waals surface area (Å²) in [6.07, 6.45) is 2.07. The first kappa shape index (κ1) is 27.0.